The molecule has 1 aliphatic heterocycles. The fraction of sp³-hybridized carbons (Fsp3) is 0.0159. The lowest BCUT2D eigenvalue weighted by Gasteiger charge is -2.34. The normalized spacial score (nSPS) is 12.8. The van der Waals surface area contributed by atoms with Gasteiger partial charge in [0.25, 0.3) is 0 Å². The van der Waals surface area contributed by atoms with Crippen LogP contribution in [0, 0.1) is 0 Å². The zero-order valence-electron chi connectivity index (χ0n) is 36.3. The first-order chi connectivity index (χ1) is 33.2. The van der Waals surface area contributed by atoms with Gasteiger partial charge in [-0.1, -0.05) is 206 Å². The lowest BCUT2D eigenvalue weighted by atomic mass is 9.68. The molecule has 0 unspecified atom stereocenters. The van der Waals surface area contributed by atoms with Crippen LogP contribution in [0.2, 0.25) is 0 Å². The van der Waals surface area contributed by atoms with Gasteiger partial charge in [0.05, 0.1) is 16.8 Å². The van der Waals surface area contributed by atoms with Crippen LogP contribution >= 0.6 is 0 Å². The summed E-state index contributed by atoms with van der Waals surface area (Å²) in [6.07, 6.45) is 0. The standard InChI is InChI=1S/C63H40N2O2/c1-5-18-41(19-6-1)48-33-34-51(50-29-14-13-28-49(48)50)62-64-55(42-20-7-2-8-21-42)40-56(65-62)45-23-17-22-43(38-45)44-32-36-57-59(39-44)66-58-37-35-54-60(61(58)67-57)52-30-15-16-31-53(52)63(54,46-24-9-3-10-25-46)47-26-11-4-12-27-47/h1-40H. The monoisotopic (exact) mass is 856 g/mol. The molecule has 0 atom stereocenters. The van der Waals surface area contributed by atoms with E-state index in [4.69, 9.17) is 19.4 Å². The molecule has 4 heteroatoms. The van der Waals surface area contributed by atoms with Gasteiger partial charge in [0.1, 0.15) is 0 Å². The van der Waals surface area contributed by atoms with Gasteiger partial charge in [-0.15, -0.1) is 0 Å². The molecule has 67 heavy (non-hydrogen) atoms. The highest BCUT2D eigenvalue weighted by Crippen LogP contribution is 2.62. The topological polar surface area (TPSA) is 44.2 Å². The first-order valence-electron chi connectivity index (χ1n) is 22.7. The molecule has 13 rings (SSSR count). The molecule has 0 fully saturated rings. The number of hydrogen-bond acceptors (Lipinski definition) is 4. The highest BCUT2D eigenvalue weighted by Gasteiger charge is 2.48. The Bertz CT molecular complexity index is 3640. The molecule has 1 aromatic heterocycles. The lowest BCUT2D eigenvalue weighted by molar-refractivity contribution is 0.360. The fourth-order valence-electron chi connectivity index (χ4n) is 10.4. The second kappa shape index (κ2) is 15.7. The Morgan fingerprint density at radius 3 is 1.60 bits per heavy atom. The Labute approximate surface area is 389 Å². The number of aromatic nitrogens is 2. The summed E-state index contributed by atoms with van der Waals surface area (Å²) >= 11 is 0. The summed E-state index contributed by atoms with van der Waals surface area (Å²) in [6, 6.07) is 85.3. The van der Waals surface area contributed by atoms with E-state index in [-0.39, 0.29) is 0 Å². The lowest BCUT2D eigenvalue weighted by Crippen LogP contribution is -2.28. The Hall–Kier alpha value is -8.86. The van der Waals surface area contributed by atoms with E-state index in [1.807, 2.05) is 12.1 Å². The highest BCUT2D eigenvalue weighted by atomic mass is 16.6. The summed E-state index contributed by atoms with van der Waals surface area (Å²) < 4.78 is 13.8. The van der Waals surface area contributed by atoms with Gasteiger partial charge in [0, 0.05) is 22.3 Å². The van der Waals surface area contributed by atoms with Gasteiger partial charge in [-0.3, -0.25) is 0 Å². The smallest absolute Gasteiger partial charge is 0.178 e. The zero-order chi connectivity index (χ0) is 44.3. The van der Waals surface area contributed by atoms with E-state index >= 15 is 0 Å². The van der Waals surface area contributed by atoms with Crippen molar-refractivity contribution in [2.45, 2.75) is 5.41 Å². The van der Waals surface area contributed by atoms with Crippen LogP contribution in [0.4, 0.5) is 0 Å². The largest absolute Gasteiger partial charge is 0.449 e. The van der Waals surface area contributed by atoms with Gasteiger partial charge >= 0.3 is 0 Å². The third kappa shape index (κ3) is 6.29. The number of hydrogen-bond donors (Lipinski definition) is 0. The Morgan fingerprint density at radius 2 is 0.866 bits per heavy atom. The van der Waals surface area contributed by atoms with Crippen molar-refractivity contribution in [2.75, 3.05) is 0 Å². The van der Waals surface area contributed by atoms with E-state index < -0.39 is 5.41 Å². The number of benzene rings is 10. The summed E-state index contributed by atoms with van der Waals surface area (Å²) in [5, 5.41) is 2.26. The summed E-state index contributed by atoms with van der Waals surface area (Å²) in [5.41, 5.74) is 15.6. The molecular formula is C63H40N2O2. The van der Waals surface area contributed by atoms with E-state index in [2.05, 4.69) is 231 Å². The van der Waals surface area contributed by atoms with Crippen molar-refractivity contribution >= 4 is 10.8 Å². The molecule has 2 aliphatic rings. The maximum atomic E-state index is 6.96. The zero-order valence-corrected chi connectivity index (χ0v) is 36.3. The van der Waals surface area contributed by atoms with Crippen molar-refractivity contribution in [3.05, 3.63) is 265 Å². The van der Waals surface area contributed by atoms with E-state index in [9.17, 15) is 0 Å². The average molecular weight is 857 g/mol. The van der Waals surface area contributed by atoms with E-state index in [1.54, 1.807) is 0 Å². The maximum Gasteiger partial charge on any atom is 0.178 e. The van der Waals surface area contributed by atoms with E-state index in [0.29, 0.717) is 23.1 Å². The minimum Gasteiger partial charge on any atom is -0.449 e. The first kappa shape index (κ1) is 38.6. The summed E-state index contributed by atoms with van der Waals surface area (Å²) in [6.45, 7) is 0. The van der Waals surface area contributed by atoms with Crippen LogP contribution in [0.5, 0.6) is 23.0 Å². The molecular weight excluding hydrogens is 817 g/mol. The molecule has 11 aromatic rings. The van der Waals surface area contributed by atoms with Crippen molar-refractivity contribution in [2.24, 2.45) is 0 Å². The molecule has 10 aromatic carbocycles. The fourth-order valence-corrected chi connectivity index (χ4v) is 10.4. The van der Waals surface area contributed by atoms with Crippen LogP contribution in [0.25, 0.3) is 78.1 Å². The van der Waals surface area contributed by atoms with Crippen LogP contribution in [-0.2, 0) is 5.41 Å². The summed E-state index contributed by atoms with van der Waals surface area (Å²) in [7, 11) is 0. The number of rotatable bonds is 7. The Balaban J connectivity index is 0.887. The molecule has 314 valence electrons. The number of nitrogens with zero attached hydrogens (tertiary/aromatic N) is 2. The third-order valence-electron chi connectivity index (χ3n) is 13.5. The van der Waals surface area contributed by atoms with Gasteiger partial charge in [-0.25, -0.2) is 9.97 Å². The van der Waals surface area contributed by atoms with E-state index in [0.717, 1.165) is 66.9 Å². The maximum absolute atomic E-state index is 6.96. The van der Waals surface area contributed by atoms with Crippen LogP contribution in [-0.4, -0.2) is 9.97 Å². The van der Waals surface area contributed by atoms with Crippen LogP contribution in [0.3, 0.4) is 0 Å². The third-order valence-corrected chi connectivity index (χ3v) is 13.5. The predicted octanol–water partition coefficient (Wildman–Crippen LogP) is 16.2. The van der Waals surface area contributed by atoms with Gasteiger partial charge in [-0.2, -0.15) is 0 Å². The second-order valence-electron chi connectivity index (χ2n) is 17.2. The van der Waals surface area contributed by atoms with Gasteiger partial charge in [0.15, 0.2) is 28.8 Å². The van der Waals surface area contributed by atoms with Crippen molar-refractivity contribution in [1.29, 1.82) is 0 Å². The predicted molar refractivity (Wildman–Crippen MR) is 271 cm³/mol. The second-order valence-corrected chi connectivity index (χ2v) is 17.2. The van der Waals surface area contributed by atoms with Crippen molar-refractivity contribution in [3.63, 3.8) is 0 Å². The molecule has 2 heterocycles. The molecule has 4 nitrogen and oxygen atoms in total. The summed E-state index contributed by atoms with van der Waals surface area (Å²) in [4.78, 5) is 10.5. The van der Waals surface area contributed by atoms with Crippen molar-refractivity contribution in [1.82, 2.24) is 9.97 Å². The van der Waals surface area contributed by atoms with Crippen LogP contribution in [0.1, 0.15) is 22.3 Å². The van der Waals surface area contributed by atoms with Crippen molar-refractivity contribution < 1.29 is 9.47 Å². The Kier molecular flexibility index (Phi) is 9.04. The number of ether oxygens (including phenoxy) is 2. The molecule has 0 amide bonds. The quantitative estimate of drug-likeness (QED) is 0.160. The molecule has 0 N–H and O–H groups in total. The molecule has 1 aliphatic carbocycles. The Morgan fingerprint density at radius 1 is 0.313 bits per heavy atom. The SMILES string of the molecule is c1ccc(-c2cc(-c3cccc(-c4ccc5c(c4)Oc4ccc6c(c4O5)-c4ccccc4C6(c4ccccc4)c4ccccc4)c3)nc(-c3ccc(-c4ccccc4)c4ccccc34)n2)cc1. The van der Waals surface area contributed by atoms with Gasteiger partial charge in [-0.05, 0) is 97.2 Å². The first-order valence-corrected chi connectivity index (χ1v) is 22.7. The summed E-state index contributed by atoms with van der Waals surface area (Å²) in [5.74, 6) is 3.44. The van der Waals surface area contributed by atoms with Crippen molar-refractivity contribution in [3.8, 4) is 90.3 Å². The van der Waals surface area contributed by atoms with Crippen LogP contribution < -0.4 is 9.47 Å². The minimum atomic E-state index is -0.533. The molecule has 0 bridgehead atoms. The molecule has 0 saturated carbocycles. The average Bonchev–Trinajstić information content (AvgIpc) is 3.72. The highest BCUT2D eigenvalue weighted by molar-refractivity contribution is 6.04. The van der Waals surface area contributed by atoms with Gasteiger partial charge in [0.2, 0.25) is 0 Å². The minimum absolute atomic E-state index is 0.533. The van der Waals surface area contributed by atoms with Gasteiger partial charge < -0.3 is 9.47 Å². The molecule has 0 radical (unpaired) electrons. The van der Waals surface area contributed by atoms with E-state index in [1.165, 1.54) is 33.4 Å². The number of fused-ring (bicyclic) bond motifs is 7. The van der Waals surface area contributed by atoms with Crippen LogP contribution in [0.15, 0.2) is 243 Å². The molecule has 0 spiro atoms. The molecule has 0 saturated heterocycles.